The van der Waals surface area contributed by atoms with Crippen molar-refractivity contribution in [1.82, 2.24) is 14.8 Å². The number of rotatable bonds is 4. The number of aliphatic hydroxyl groups is 1. The summed E-state index contributed by atoms with van der Waals surface area (Å²) in [6.45, 7) is 1.94. The van der Waals surface area contributed by atoms with Gasteiger partial charge in [0.25, 0.3) is 0 Å². The summed E-state index contributed by atoms with van der Waals surface area (Å²) in [5, 5.41) is 16.8. The van der Waals surface area contributed by atoms with E-state index in [1.54, 1.807) is 6.20 Å². The lowest BCUT2D eigenvalue weighted by atomic mass is 10.1. The van der Waals surface area contributed by atoms with Crippen LogP contribution in [-0.2, 0) is 13.5 Å². The summed E-state index contributed by atoms with van der Waals surface area (Å²) in [6, 6.07) is 1.97. The molecule has 0 aliphatic carbocycles. The Balaban J connectivity index is 1.93. The molecule has 0 aliphatic rings. The van der Waals surface area contributed by atoms with Crippen molar-refractivity contribution in [3.8, 4) is 0 Å². The van der Waals surface area contributed by atoms with Gasteiger partial charge in [-0.3, -0.25) is 4.68 Å². The maximum Gasteiger partial charge on any atom is 0.121 e. The van der Waals surface area contributed by atoms with Crippen molar-refractivity contribution in [3.63, 3.8) is 0 Å². The minimum Gasteiger partial charge on any atom is -0.386 e. The molecule has 0 saturated carbocycles. The molecule has 2 heterocycles. The highest BCUT2D eigenvalue weighted by atomic mass is 32.1. The smallest absolute Gasteiger partial charge is 0.121 e. The molecule has 0 bridgehead atoms. The molecule has 0 fully saturated rings. The average Bonchev–Trinajstić information content (AvgIpc) is 2.84. The zero-order valence-electron chi connectivity index (χ0n) is 9.42. The minimum absolute atomic E-state index is 0.464. The van der Waals surface area contributed by atoms with Crippen LogP contribution in [0, 0.1) is 6.92 Å². The lowest BCUT2D eigenvalue weighted by Gasteiger charge is -2.07. The van der Waals surface area contributed by atoms with Gasteiger partial charge in [-0.15, -0.1) is 11.3 Å². The van der Waals surface area contributed by atoms with Gasteiger partial charge in [0.05, 0.1) is 0 Å². The van der Waals surface area contributed by atoms with Gasteiger partial charge >= 0.3 is 0 Å². The second-order valence-electron chi connectivity index (χ2n) is 3.83. The third-order valence-corrected chi connectivity index (χ3v) is 3.58. The topological polar surface area (TPSA) is 50.9 Å². The second kappa shape index (κ2) is 4.76. The molecule has 0 spiro atoms. The Labute approximate surface area is 98.6 Å². The van der Waals surface area contributed by atoms with Gasteiger partial charge in [0.15, 0.2) is 0 Å². The van der Waals surface area contributed by atoms with Crippen LogP contribution in [0.25, 0.3) is 0 Å². The number of thiazole rings is 1. The fourth-order valence-electron chi connectivity index (χ4n) is 1.58. The Bertz CT molecular complexity index is 463. The predicted molar refractivity (Wildman–Crippen MR) is 63.3 cm³/mol. The van der Waals surface area contributed by atoms with Gasteiger partial charge in [-0.25, -0.2) is 4.98 Å². The van der Waals surface area contributed by atoms with Crippen molar-refractivity contribution in [3.05, 3.63) is 34.0 Å². The first-order valence-corrected chi connectivity index (χ1v) is 6.12. The summed E-state index contributed by atoms with van der Waals surface area (Å²) >= 11 is 1.52. The van der Waals surface area contributed by atoms with Crippen molar-refractivity contribution < 1.29 is 5.11 Å². The molecule has 0 aliphatic heterocycles. The van der Waals surface area contributed by atoms with Gasteiger partial charge in [0.1, 0.15) is 11.1 Å². The Morgan fingerprint density at radius 3 is 2.94 bits per heavy atom. The van der Waals surface area contributed by atoms with Gasteiger partial charge in [0.2, 0.25) is 0 Å². The molecule has 2 aromatic heterocycles. The molecular weight excluding hydrogens is 222 g/mol. The maximum atomic E-state index is 9.94. The predicted octanol–water partition coefficient (Wildman–Crippen LogP) is 1.85. The van der Waals surface area contributed by atoms with E-state index in [4.69, 9.17) is 0 Å². The van der Waals surface area contributed by atoms with Crippen molar-refractivity contribution in [2.24, 2.45) is 7.05 Å². The molecular formula is C11H15N3OS. The van der Waals surface area contributed by atoms with Crippen LogP contribution >= 0.6 is 11.3 Å². The highest BCUT2D eigenvalue weighted by Gasteiger charge is 2.12. The van der Waals surface area contributed by atoms with Crippen LogP contribution in [0.4, 0.5) is 0 Å². The van der Waals surface area contributed by atoms with E-state index in [1.165, 1.54) is 11.3 Å². The first-order valence-electron chi connectivity index (χ1n) is 5.24. The molecule has 16 heavy (non-hydrogen) atoms. The Hall–Kier alpha value is -1.20. The summed E-state index contributed by atoms with van der Waals surface area (Å²) in [4.78, 5) is 4.28. The van der Waals surface area contributed by atoms with Gasteiger partial charge in [-0.1, -0.05) is 0 Å². The van der Waals surface area contributed by atoms with Crippen LogP contribution in [0.1, 0.15) is 28.9 Å². The number of nitrogens with zero attached hydrogens (tertiary/aromatic N) is 3. The first kappa shape index (κ1) is 11.3. The number of aliphatic hydroxyl groups excluding tert-OH is 1. The number of aromatic nitrogens is 3. The highest BCUT2D eigenvalue weighted by molar-refractivity contribution is 7.09. The van der Waals surface area contributed by atoms with Gasteiger partial charge < -0.3 is 5.11 Å². The van der Waals surface area contributed by atoms with E-state index < -0.39 is 6.10 Å². The molecule has 1 atom stereocenters. The normalized spacial score (nSPS) is 12.9. The molecule has 1 unspecified atom stereocenters. The summed E-state index contributed by atoms with van der Waals surface area (Å²) in [5.41, 5.74) is 2.10. The first-order chi connectivity index (χ1) is 7.66. The fourth-order valence-corrected chi connectivity index (χ4v) is 2.40. The third-order valence-electron chi connectivity index (χ3n) is 2.52. The molecule has 0 amide bonds. The lowest BCUT2D eigenvalue weighted by molar-refractivity contribution is 0.166. The lowest BCUT2D eigenvalue weighted by Crippen LogP contribution is -2.03. The quantitative estimate of drug-likeness (QED) is 0.883. The van der Waals surface area contributed by atoms with Crippen molar-refractivity contribution in [2.75, 3.05) is 0 Å². The fraction of sp³-hybridized carbons (Fsp3) is 0.455. The molecule has 5 heteroatoms. The second-order valence-corrected chi connectivity index (χ2v) is 4.72. The van der Waals surface area contributed by atoms with E-state index in [1.807, 2.05) is 30.1 Å². The van der Waals surface area contributed by atoms with Crippen LogP contribution in [0.15, 0.2) is 17.6 Å². The number of aryl methyl sites for hydroxylation is 3. The summed E-state index contributed by atoms with van der Waals surface area (Å²) in [7, 11) is 1.91. The van der Waals surface area contributed by atoms with Gasteiger partial charge in [0, 0.05) is 30.0 Å². The largest absolute Gasteiger partial charge is 0.386 e. The zero-order chi connectivity index (χ0) is 11.5. The molecule has 0 aromatic carbocycles. The Kier molecular flexibility index (Phi) is 3.36. The third kappa shape index (κ3) is 2.48. The van der Waals surface area contributed by atoms with Crippen molar-refractivity contribution >= 4 is 11.3 Å². The number of hydrogen-bond donors (Lipinski definition) is 1. The minimum atomic E-state index is -0.464. The van der Waals surface area contributed by atoms with Crippen LogP contribution in [0.3, 0.4) is 0 Å². The van der Waals surface area contributed by atoms with Gasteiger partial charge in [-0.05, 0) is 25.8 Å². The molecule has 86 valence electrons. The molecule has 1 N–H and O–H groups in total. The molecule has 0 saturated heterocycles. The summed E-state index contributed by atoms with van der Waals surface area (Å²) in [6.07, 6.45) is 2.81. The number of hydrogen-bond acceptors (Lipinski definition) is 4. The SMILES string of the molecule is Cc1csc(C(O)CCc2ccnn2C)n1. The van der Waals surface area contributed by atoms with E-state index in [0.717, 1.165) is 22.8 Å². The zero-order valence-corrected chi connectivity index (χ0v) is 10.2. The van der Waals surface area contributed by atoms with Crippen molar-refractivity contribution in [1.29, 1.82) is 0 Å². The van der Waals surface area contributed by atoms with E-state index in [2.05, 4.69) is 10.1 Å². The Morgan fingerprint density at radius 1 is 1.56 bits per heavy atom. The van der Waals surface area contributed by atoms with Crippen LogP contribution in [-0.4, -0.2) is 19.9 Å². The van der Waals surface area contributed by atoms with Crippen LogP contribution in [0.5, 0.6) is 0 Å². The van der Waals surface area contributed by atoms with E-state index in [0.29, 0.717) is 6.42 Å². The van der Waals surface area contributed by atoms with Crippen LogP contribution < -0.4 is 0 Å². The standard InChI is InChI=1S/C11H15N3OS/c1-8-7-16-11(13-8)10(15)4-3-9-5-6-12-14(9)2/h5-7,10,15H,3-4H2,1-2H3. The van der Waals surface area contributed by atoms with Crippen LogP contribution in [0.2, 0.25) is 0 Å². The molecule has 2 aromatic rings. The van der Waals surface area contributed by atoms with Gasteiger partial charge in [-0.2, -0.15) is 5.10 Å². The van der Waals surface area contributed by atoms with E-state index >= 15 is 0 Å². The van der Waals surface area contributed by atoms with E-state index in [9.17, 15) is 5.11 Å². The Morgan fingerprint density at radius 2 is 2.38 bits per heavy atom. The summed E-state index contributed by atoms with van der Waals surface area (Å²) < 4.78 is 1.83. The molecule has 0 radical (unpaired) electrons. The molecule has 4 nitrogen and oxygen atoms in total. The van der Waals surface area contributed by atoms with E-state index in [-0.39, 0.29) is 0 Å². The molecule has 2 rings (SSSR count). The maximum absolute atomic E-state index is 9.94. The highest BCUT2D eigenvalue weighted by Crippen LogP contribution is 2.22. The average molecular weight is 237 g/mol. The monoisotopic (exact) mass is 237 g/mol. The summed E-state index contributed by atoms with van der Waals surface area (Å²) in [5.74, 6) is 0. The van der Waals surface area contributed by atoms with Crippen molar-refractivity contribution in [2.45, 2.75) is 25.9 Å².